The summed E-state index contributed by atoms with van der Waals surface area (Å²) in [6.07, 6.45) is 10.5. The van der Waals surface area contributed by atoms with Crippen molar-refractivity contribution in [2.24, 2.45) is 10.9 Å². The maximum absolute atomic E-state index is 5.54. The summed E-state index contributed by atoms with van der Waals surface area (Å²) >= 11 is 1.92. The molecule has 4 nitrogen and oxygen atoms in total. The van der Waals surface area contributed by atoms with Crippen LogP contribution in [0.1, 0.15) is 17.4 Å². The van der Waals surface area contributed by atoms with E-state index < -0.39 is 0 Å². The highest BCUT2D eigenvalue weighted by molar-refractivity contribution is 8.04. The number of nitrogens with one attached hydrogen (secondary N) is 1. The van der Waals surface area contributed by atoms with Crippen molar-refractivity contribution >= 4 is 55.6 Å². The molecule has 3 aliphatic rings. The molecule has 2 aromatic heterocycles. The Balaban J connectivity index is 1.24. The summed E-state index contributed by atoms with van der Waals surface area (Å²) in [4.78, 5) is 9.76. The van der Waals surface area contributed by atoms with Crippen LogP contribution in [0.5, 0.6) is 0 Å². The number of nitrogens with zero attached hydrogens (tertiary/aromatic N) is 3. The monoisotopic (exact) mass is 558 g/mol. The lowest BCUT2D eigenvalue weighted by atomic mass is 9.83. The number of para-hydroxylation sites is 1. The van der Waals surface area contributed by atoms with Crippen molar-refractivity contribution in [3.63, 3.8) is 0 Å². The van der Waals surface area contributed by atoms with Gasteiger partial charge in [0.2, 0.25) is 6.29 Å². The normalized spacial score (nSPS) is 21.3. The van der Waals surface area contributed by atoms with Gasteiger partial charge in [-0.3, -0.25) is 4.98 Å². The summed E-state index contributed by atoms with van der Waals surface area (Å²) in [6.45, 7) is 0. The van der Waals surface area contributed by atoms with Crippen LogP contribution in [0.2, 0.25) is 0 Å². The van der Waals surface area contributed by atoms with Gasteiger partial charge in [0, 0.05) is 45.5 Å². The number of rotatable bonds is 3. The summed E-state index contributed by atoms with van der Waals surface area (Å²) < 4.78 is 2.39. The Kier molecular flexibility index (Phi) is 5.29. The molecule has 2 aliphatic heterocycles. The molecule has 0 spiro atoms. The van der Waals surface area contributed by atoms with Crippen LogP contribution in [0.4, 0.5) is 0 Å². The molecule has 6 aromatic rings. The zero-order valence-electron chi connectivity index (χ0n) is 22.7. The second kappa shape index (κ2) is 9.33. The quantitative estimate of drug-likeness (QED) is 0.237. The van der Waals surface area contributed by atoms with E-state index in [9.17, 15) is 0 Å². The van der Waals surface area contributed by atoms with E-state index in [2.05, 4.69) is 136 Å². The molecule has 0 bridgehead atoms. The van der Waals surface area contributed by atoms with Crippen molar-refractivity contribution in [2.45, 2.75) is 11.5 Å². The highest BCUT2D eigenvalue weighted by Crippen LogP contribution is 2.49. The van der Waals surface area contributed by atoms with E-state index in [0.29, 0.717) is 5.25 Å². The molecule has 3 unspecified atom stereocenters. The zero-order valence-corrected chi connectivity index (χ0v) is 23.5. The van der Waals surface area contributed by atoms with Crippen LogP contribution in [0.15, 0.2) is 149 Å². The van der Waals surface area contributed by atoms with Crippen LogP contribution in [0, 0.1) is 5.92 Å². The molecule has 5 heteroatoms. The van der Waals surface area contributed by atoms with E-state index in [1.807, 2.05) is 24.2 Å². The summed E-state index contributed by atoms with van der Waals surface area (Å²) in [6, 6.07) is 36.8. The Morgan fingerprint density at radius 1 is 0.714 bits per heavy atom. The van der Waals surface area contributed by atoms with Crippen LogP contribution in [-0.4, -0.2) is 20.5 Å². The first-order valence-corrected chi connectivity index (χ1v) is 15.2. The molecule has 0 fully saturated rings. The third-order valence-corrected chi connectivity index (χ3v) is 9.96. The van der Waals surface area contributed by atoms with Gasteiger partial charge in [0.05, 0.1) is 21.8 Å². The summed E-state index contributed by atoms with van der Waals surface area (Å²) in [5, 5.41) is 10.4. The molecule has 9 rings (SSSR count). The highest BCUT2D eigenvalue weighted by Gasteiger charge is 2.41. The number of fused-ring (bicyclic) bond motifs is 6. The van der Waals surface area contributed by atoms with Crippen molar-refractivity contribution in [2.75, 3.05) is 0 Å². The van der Waals surface area contributed by atoms with Crippen LogP contribution in [0.3, 0.4) is 0 Å². The smallest absolute Gasteiger partial charge is 0.201 e. The first-order chi connectivity index (χ1) is 20.8. The standard InChI is InChI=1S/C37H26N4S/c1-2-8-24(9-3-1)35-34-30-21-27(23-16-18-38-19-17-23)14-15-33(30)42-36(34)40-37(39-35)41-31-13-7-6-12-28(31)29-20-25-10-4-5-11-26(25)22-32(29)41/h1-22,30,33,37,40H. The Labute approximate surface area is 247 Å². The Bertz CT molecular complexity index is 2150. The van der Waals surface area contributed by atoms with E-state index in [-0.39, 0.29) is 12.2 Å². The molecule has 0 saturated carbocycles. The minimum atomic E-state index is -0.275. The minimum Gasteiger partial charge on any atom is -0.341 e. The molecule has 42 heavy (non-hydrogen) atoms. The third-order valence-electron chi connectivity index (χ3n) is 8.66. The number of aliphatic imine (C=N–C) groups is 1. The molecular weight excluding hydrogens is 533 g/mol. The van der Waals surface area contributed by atoms with E-state index in [4.69, 9.17) is 4.99 Å². The highest BCUT2D eigenvalue weighted by atomic mass is 32.2. The summed E-state index contributed by atoms with van der Waals surface area (Å²) in [5.74, 6) is 0.229. The Morgan fingerprint density at radius 2 is 1.48 bits per heavy atom. The van der Waals surface area contributed by atoms with Gasteiger partial charge in [-0.2, -0.15) is 0 Å². The molecule has 0 radical (unpaired) electrons. The van der Waals surface area contributed by atoms with Gasteiger partial charge < -0.3 is 9.88 Å². The second-order valence-electron chi connectivity index (χ2n) is 11.0. The van der Waals surface area contributed by atoms with E-state index >= 15 is 0 Å². The molecule has 4 aromatic carbocycles. The van der Waals surface area contributed by atoms with Crippen molar-refractivity contribution in [1.29, 1.82) is 0 Å². The molecule has 0 saturated heterocycles. The average molecular weight is 559 g/mol. The number of allylic oxidation sites excluding steroid dienone is 4. The predicted molar refractivity (Wildman–Crippen MR) is 175 cm³/mol. The number of hydrogen-bond donors (Lipinski definition) is 1. The fourth-order valence-corrected chi connectivity index (χ4v) is 8.05. The van der Waals surface area contributed by atoms with E-state index in [0.717, 1.165) is 11.3 Å². The van der Waals surface area contributed by atoms with Crippen LogP contribution in [-0.2, 0) is 0 Å². The Hall–Kier alpha value is -4.87. The lowest BCUT2D eigenvalue weighted by Gasteiger charge is -2.28. The fourth-order valence-electron chi connectivity index (χ4n) is 6.72. The molecule has 3 atom stereocenters. The predicted octanol–water partition coefficient (Wildman–Crippen LogP) is 8.49. The maximum Gasteiger partial charge on any atom is 0.201 e. The number of aromatic nitrogens is 2. The zero-order chi connectivity index (χ0) is 27.6. The van der Waals surface area contributed by atoms with Crippen molar-refractivity contribution in [3.8, 4) is 0 Å². The van der Waals surface area contributed by atoms with Crippen LogP contribution < -0.4 is 5.32 Å². The topological polar surface area (TPSA) is 42.2 Å². The van der Waals surface area contributed by atoms with Crippen molar-refractivity contribution in [3.05, 3.63) is 155 Å². The van der Waals surface area contributed by atoms with Gasteiger partial charge in [-0.25, -0.2) is 4.99 Å². The minimum absolute atomic E-state index is 0.229. The van der Waals surface area contributed by atoms with Crippen molar-refractivity contribution < 1.29 is 0 Å². The maximum atomic E-state index is 5.54. The molecule has 0 amide bonds. The number of pyridine rings is 1. The van der Waals surface area contributed by atoms with Gasteiger partial charge in [-0.05, 0) is 52.2 Å². The summed E-state index contributed by atoms with van der Waals surface area (Å²) in [7, 11) is 0. The third kappa shape index (κ3) is 3.63. The summed E-state index contributed by atoms with van der Waals surface area (Å²) in [5.41, 5.74) is 8.30. The number of benzene rings is 4. The first-order valence-electron chi connectivity index (χ1n) is 14.3. The van der Waals surface area contributed by atoms with Gasteiger partial charge >= 0.3 is 0 Å². The lowest BCUT2D eigenvalue weighted by molar-refractivity contribution is 0.490. The fraction of sp³-hybridized carbons (Fsp3) is 0.0811. The van der Waals surface area contributed by atoms with Crippen molar-refractivity contribution in [1.82, 2.24) is 14.9 Å². The Morgan fingerprint density at radius 3 is 2.33 bits per heavy atom. The van der Waals surface area contributed by atoms with Crippen LogP contribution in [0.25, 0.3) is 38.2 Å². The van der Waals surface area contributed by atoms with Gasteiger partial charge in [0.15, 0.2) is 0 Å². The molecule has 4 heterocycles. The lowest BCUT2D eigenvalue weighted by Crippen LogP contribution is -2.31. The SMILES string of the molecule is C1=CC2SC3=C(C(c4ccccc4)=NC(n4c5ccccc5c5cc6ccccc6cc54)N3)C2C=C1c1ccncc1. The van der Waals surface area contributed by atoms with E-state index in [1.165, 1.54) is 54.3 Å². The van der Waals surface area contributed by atoms with E-state index in [1.54, 1.807) is 0 Å². The number of thioether (sulfide) groups is 1. The van der Waals surface area contributed by atoms with Gasteiger partial charge in [0.25, 0.3) is 0 Å². The van der Waals surface area contributed by atoms with Crippen LogP contribution >= 0.6 is 11.8 Å². The van der Waals surface area contributed by atoms with Gasteiger partial charge in [0.1, 0.15) is 0 Å². The average Bonchev–Trinajstić information content (AvgIpc) is 3.58. The first kappa shape index (κ1) is 23.8. The van der Waals surface area contributed by atoms with Gasteiger partial charge in [-0.1, -0.05) is 103 Å². The molecule has 200 valence electrons. The second-order valence-corrected chi connectivity index (χ2v) is 12.2. The molecule has 1 aliphatic carbocycles. The largest absolute Gasteiger partial charge is 0.341 e. The molecular formula is C37H26N4S. The van der Waals surface area contributed by atoms with Gasteiger partial charge in [-0.15, -0.1) is 0 Å². The number of hydrogen-bond acceptors (Lipinski definition) is 4. The molecule has 1 N–H and O–H groups in total.